The third kappa shape index (κ3) is 5.69. The van der Waals surface area contributed by atoms with Gasteiger partial charge < -0.3 is 10.6 Å². The molecule has 0 unspecified atom stereocenters. The summed E-state index contributed by atoms with van der Waals surface area (Å²) in [6.45, 7) is 4.51. The summed E-state index contributed by atoms with van der Waals surface area (Å²) < 4.78 is 39.9. The number of nitro groups is 1. The van der Waals surface area contributed by atoms with E-state index in [-0.39, 0.29) is 12.2 Å². The minimum atomic E-state index is -4.69. The van der Waals surface area contributed by atoms with Gasteiger partial charge in [-0.25, -0.2) is 0 Å². The number of hydrogen-bond donors (Lipinski definition) is 2. The van der Waals surface area contributed by atoms with Crippen LogP contribution in [0.1, 0.15) is 23.4 Å². The molecule has 11 heteroatoms. The van der Waals surface area contributed by atoms with E-state index in [0.29, 0.717) is 25.6 Å². The SMILES string of the molecule is Cc1cc(C)n(CCCNC(=O)CNc2ccc(C(F)(F)F)cc2[N+](=O)[O-])n1. The molecule has 28 heavy (non-hydrogen) atoms. The van der Waals surface area contributed by atoms with Crippen LogP contribution in [-0.2, 0) is 17.5 Å². The smallest absolute Gasteiger partial charge is 0.371 e. The second kappa shape index (κ2) is 8.72. The molecule has 2 aromatic rings. The van der Waals surface area contributed by atoms with E-state index in [9.17, 15) is 28.1 Å². The maximum absolute atomic E-state index is 12.7. The van der Waals surface area contributed by atoms with E-state index in [2.05, 4.69) is 15.7 Å². The zero-order chi connectivity index (χ0) is 20.9. The van der Waals surface area contributed by atoms with Crippen molar-refractivity contribution < 1.29 is 22.9 Å². The number of halogens is 3. The molecule has 1 aromatic carbocycles. The van der Waals surface area contributed by atoms with Gasteiger partial charge in [-0.3, -0.25) is 19.6 Å². The van der Waals surface area contributed by atoms with Crippen LogP contribution in [0.3, 0.4) is 0 Å². The number of benzene rings is 1. The second-order valence-electron chi connectivity index (χ2n) is 6.19. The number of nitrogens with zero attached hydrogens (tertiary/aromatic N) is 3. The van der Waals surface area contributed by atoms with Gasteiger partial charge in [0.15, 0.2) is 0 Å². The molecule has 1 amide bonds. The topological polar surface area (TPSA) is 102 Å². The summed E-state index contributed by atoms with van der Waals surface area (Å²) in [5.74, 6) is -0.428. The van der Waals surface area contributed by atoms with Gasteiger partial charge >= 0.3 is 6.18 Å². The third-order valence-corrected chi connectivity index (χ3v) is 3.93. The van der Waals surface area contributed by atoms with Gasteiger partial charge in [0.05, 0.1) is 22.7 Å². The monoisotopic (exact) mass is 399 g/mol. The Bertz CT molecular complexity index is 864. The zero-order valence-electron chi connectivity index (χ0n) is 15.3. The van der Waals surface area contributed by atoms with Gasteiger partial charge in [-0.05, 0) is 38.5 Å². The Morgan fingerprint density at radius 2 is 2.00 bits per heavy atom. The normalized spacial score (nSPS) is 11.3. The highest BCUT2D eigenvalue weighted by molar-refractivity contribution is 5.81. The third-order valence-electron chi connectivity index (χ3n) is 3.93. The lowest BCUT2D eigenvalue weighted by molar-refractivity contribution is -0.384. The van der Waals surface area contributed by atoms with Gasteiger partial charge in [0.25, 0.3) is 5.69 Å². The molecule has 0 aliphatic heterocycles. The number of amides is 1. The van der Waals surface area contributed by atoms with Crippen LogP contribution in [0.15, 0.2) is 24.3 Å². The number of anilines is 1. The maximum Gasteiger partial charge on any atom is 0.416 e. The van der Waals surface area contributed by atoms with E-state index in [1.54, 1.807) is 0 Å². The number of hydrogen-bond acceptors (Lipinski definition) is 5. The number of alkyl halides is 3. The second-order valence-corrected chi connectivity index (χ2v) is 6.19. The predicted octanol–water partition coefficient (Wildman–Crippen LogP) is 3.05. The van der Waals surface area contributed by atoms with Gasteiger partial charge in [0, 0.05) is 24.8 Å². The van der Waals surface area contributed by atoms with Crippen LogP contribution in [0.2, 0.25) is 0 Å². The van der Waals surface area contributed by atoms with Crippen molar-refractivity contribution >= 4 is 17.3 Å². The van der Waals surface area contributed by atoms with Crippen LogP contribution in [0.5, 0.6) is 0 Å². The highest BCUT2D eigenvalue weighted by Gasteiger charge is 2.33. The summed E-state index contributed by atoms with van der Waals surface area (Å²) in [4.78, 5) is 21.9. The number of nitrogens with one attached hydrogen (secondary N) is 2. The van der Waals surface area contributed by atoms with Crippen molar-refractivity contribution in [2.24, 2.45) is 0 Å². The van der Waals surface area contributed by atoms with Crippen molar-refractivity contribution in [2.45, 2.75) is 33.0 Å². The fraction of sp³-hybridized carbons (Fsp3) is 0.412. The molecule has 0 saturated heterocycles. The molecule has 0 atom stereocenters. The number of nitro benzene ring substituents is 1. The first-order valence-corrected chi connectivity index (χ1v) is 8.45. The van der Waals surface area contributed by atoms with E-state index in [1.807, 2.05) is 24.6 Å². The van der Waals surface area contributed by atoms with Crippen LogP contribution in [0.4, 0.5) is 24.5 Å². The number of carbonyl (C=O) groups excluding carboxylic acids is 1. The van der Waals surface area contributed by atoms with Crippen LogP contribution in [0, 0.1) is 24.0 Å². The average molecular weight is 399 g/mol. The fourth-order valence-electron chi connectivity index (χ4n) is 2.60. The number of aryl methyl sites for hydroxylation is 3. The Morgan fingerprint density at radius 1 is 1.29 bits per heavy atom. The quantitative estimate of drug-likeness (QED) is 0.404. The number of aromatic nitrogens is 2. The largest absolute Gasteiger partial charge is 0.416 e. The highest BCUT2D eigenvalue weighted by Crippen LogP contribution is 2.34. The first-order chi connectivity index (χ1) is 13.1. The number of carbonyl (C=O) groups is 1. The van der Waals surface area contributed by atoms with Crippen molar-refractivity contribution in [2.75, 3.05) is 18.4 Å². The van der Waals surface area contributed by atoms with Crippen molar-refractivity contribution in [3.05, 3.63) is 51.3 Å². The summed E-state index contributed by atoms with van der Waals surface area (Å²) >= 11 is 0. The van der Waals surface area contributed by atoms with Gasteiger partial charge in [-0.2, -0.15) is 18.3 Å². The summed E-state index contributed by atoms with van der Waals surface area (Å²) in [6, 6.07) is 4.05. The molecule has 1 aromatic heterocycles. The summed E-state index contributed by atoms with van der Waals surface area (Å²) in [5, 5.41) is 20.5. The lowest BCUT2D eigenvalue weighted by Crippen LogP contribution is -2.31. The van der Waals surface area contributed by atoms with Crippen molar-refractivity contribution in [1.82, 2.24) is 15.1 Å². The molecule has 0 spiro atoms. The van der Waals surface area contributed by atoms with E-state index >= 15 is 0 Å². The average Bonchev–Trinajstić information content (AvgIpc) is 2.93. The molecule has 0 radical (unpaired) electrons. The van der Waals surface area contributed by atoms with Crippen LogP contribution < -0.4 is 10.6 Å². The molecule has 0 saturated carbocycles. The minimum Gasteiger partial charge on any atom is -0.371 e. The van der Waals surface area contributed by atoms with E-state index in [4.69, 9.17) is 0 Å². The molecule has 0 aliphatic rings. The molecule has 152 valence electrons. The molecule has 1 heterocycles. The molecule has 0 fully saturated rings. The van der Waals surface area contributed by atoms with E-state index in [1.165, 1.54) is 0 Å². The highest BCUT2D eigenvalue weighted by atomic mass is 19.4. The lowest BCUT2D eigenvalue weighted by Gasteiger charge is -2.11. The van der Waals surface area contributed by atoms with Crippen LogP contribution in [-0.4, -0.2) is 33.7 Å². The zero-order valence-corrected chi connectivity index (χ0v) is 15.3. The molecule has 2 rings (SSSR count). The van der Waals surface area contributed by atoms with Gasteiger partial charge in [0.2, 0.25) is 5.91 Å². The lowest BCUT2D eigenvalue weighted by atomic mass is 10.1. The van der Waals surface area contributed by atoms with Gasteiger partial charge in [0.1, 0.15) is 5.69 Å². The Morgan fingerprint density at radius 3 is 2.57 bits per heavy atom. The molecule has 0 aliphatic carbocycles. The Kier molecular flexibility index (Phi) is 6.60. The van der Waals surface area contributed by atoms with Gasteiger partial charge in [-0.15, -0.1) is 0 Å². The fourth-order valence-corrected chi connectivity index (χ4v) is 2.60. The maximum atomic E-state index is 12.7. The van der Waals surface area contributed by atoms with E-state index < -0.39 is 28.3 Å². The molecule has 0 bridgehead atoms. The molecule has 8 nitrogen and oxygen atoms in total. The van der Waals surface area contributed by atoms with Crippen LogP contribution >= 0.6 is 0 Å². The Labute approximate surface area is 158 Å². The van der Waals surface area contributed by atoms with Crippen molar-refractivity contribution in [3.63, 3.8) is 0 Å². The molecular weight excluding hydrogens is 379 g/mol. The van der Waals surface area contributed by atoms with E-state index in [0.717, 1.165) is 23.5 Å². The van der Waals surface area contributed by atoms with Crippen LogP contribution in [0.25, 0.3) is 0 Å². The molecule has 2 N–H and O–H groups in total. The van der Waals surface area contributed by atoms with Crippen molar-refractivity contribution in [3.8, 4) is 0 Å². The Hall–Kier alpha value is -3.11. The summed E-state index contributed by atoms with van der Waals surface area (Å²) in [5.41, 5.74) is -0.106. The standard InChI is InChI=1S/C17H20F3N5O3/c1-11-8-12(2)24(23-11)7-3-6-21-16(26)10-22-14-5-4-13(17(18,19)20)9-15(14)25(27)28/h4-5,8-9,22H,3,6-7,10H2,1-2H3,(H,21,26). The number of rotatable bonds is 8. The summed E-state index contributed by atoms with van der Waals surface area (Å²) in [6.07, 6.45) is -4.06. The predicted molar refractivity (Wildman–Crippen MR) is 95.9 cm³/mol. The van der Waals surface area contributed by atoms with Crippen molar-refractivity contribution in [1.29, 1.82) is 0 Å². The minimum absolute atomic E-state index is 0.157. The first kappa shape index (κ1) is 21.2. The van der Waals surface area contributed by atoms with Gasteiger partial charge in [-0.1, -0.05) is 0 Å². The first-order valence-electron chi connectivity index (χ1n) is 8.45. The Balaban J connectivity index is 1.85. The summed E-state index contributed by atoms with van der Waals surface area (Å²) in [7, 11) is 0. The molecular formula is C17H20F3N5O3.